The summed E-state index contributed by atoms with van der Waals surface area (Å²) in [4.78, 5) is 13.5. The summed E-state index contributed by atoms with van der Waals surface area (Å²) in [5, 5.41) is 7.17. The number of anilines is 1. The van der Waals surface area contributed by atoms with Crippen molar-refractivity contribution in [3.63, 3.8) is 0 Å². The number of carbonyl (C=O) groups is 1. The third kappa shape index (κ3) is 3.38. The van der Waals surface area contributed by atoms with Gasteiger partial charge in [0.1, 0.15) is 12.7 Å². The van der Waals surface area contributed by atoms with E-state index in [-0.39, 0.29) is 5.56 Å². The number of rotatable bonds is 3. The van der Waals surface area contributed by atoms with E-state index < -0.39 is 24.8 Å². The minimum absolute atomic E-state index is 0.228. The number of carbonyl (C=O) groups excluding carboxylic acids is 1. The highest BCUT2D eigenvalue weighted by Gasteiger charge is 2.40. The van der Waals surface area contributed by atoms with Crippen molar-refractivity contribution >= 4 is 11.6 Å². The Bertz CT molecular complexity index is 952. The number of halogens is 3. The lowest BCUT2D eigenvalue weighted by Crippen LogP contribution is -2.47. The van der Waals surface area contributed by atoms with E-state index in [1.165, 1.54) is 6.07 Å². The number of fused-ring (bicyclic) bond motifs is 1. The fraction of sp³-hybridized carbons (Fsp3) is 0.158. The molecule has 27 heavy (non-hydrogen) atoms. The summed E-state index contributed by atoms with van der Waals surface area (Å²) in [5.74, 6) is -0.650. The Morgan fingerprint density at radius 3 is 2.44 bits per heavy atom. The van der Waals surface area contributed by atoms with Crippen molar-refractivity contribution in [1.82, 2.24) is 14.7 Å². The van der Waals surface area contributed by atoms with Gasteiger partial charge in [-0.3, -0.25) is 4.79 Å². The van der Waals surface area contributed by atoms with Crippen molar-refractivity contribution in [2.24, 2.45) is 0 Å². The molecule has 1 atom stereocenters. The molecule has 1 aliphatic heterocycles. The topological polar surface area (TPSA) is 50.2 Å². The Morgan fingerprint density at radius 2 is 1.78 bits per heavy atom. The first kappa shape index (κ1) is 17.1. The number of amides is 1. The van der Waals surface area contributed by atoms with Crippen LogP contribution in [-0.2, 0) is 0 Å². The summed E-state index contributed by atoms with van der Waals surface area (Å²) >= 11 is 0. The Balaban J connectivity index is 1.71. The van der Waals surface area contributed by atoms with Crippen molar-refractivity contribution in [3.05, 3.63) is 78.1 Å². The molecule has 5 nitrogen and oxygen atoms in total. The summed E-state index contributed by atoms with van der Waals surface area (Å²) < 4.78 is 40.9. The number of benzene rings is 2. The van der Waals surface area contributed by atoms with E-state index >= 15 is 0 Å². The third-order valence-electron chi connectivity index (χ3n) is 4.35. The summed E-state index contributed by atoms with van der Waals surface area (Å²) in [6, 6.07) is 15.2. The zero-order valence-electron chi connectivity index (χ0n) is 14.0. The molecule has 138 valence electrons. The van der Waals surface area contributed by atoms with Crippen molar-refractivity contribution < 1.29 is 18.0 Å². The molecule has 0 saturated heterocycles. The molecule has 0 radical (unpaired) electrons. The molecule has 1 aromatic heterocycles. The first-order valence-corrected chi connectivity index (χ1v) is 8.26. The average Bonchev–Trinajstić information content (AvgIpc) is 3.18. The Hall–Kier alpha value is -3.29. The number of para-hydroxylation sites is 1. The van der Waals surface area contributed by atoms with Gasteiger partial charge in [-0.1, -0.05) is 24.3 Å². The molecular formula is C19H15F3N4O. The van der Waals surface area contributed by atoms with Crippen LogP contribution in [0.15, 0.2) is 67.0 Å². The van der Waals surface area contributed by atoms with Crippen LogP contribution in [0.2, 0.25) is 0 Å². The quantitative estimate of drug-likeness (QED) is 0.756. The van der Waals surface area contributed by atoms with E-state index in [4.69, 9.17) is 0 Å². The van der Waals surface area contributed by atoms with Gasteiger partial charge in [-0.2, -0.15) is 18.3 Å². The van der Waals surface area contributed by atoms with Crippen LogP contribution >= 0.6 is 0 Å². The molecular weight excluding hydrogens is 357 g/mol. The summed E-state index contributed by atoms with van der Waals surface area (Å²) in [6.45, 7) is -1.33. The van der Waals surface area contributed by atoms with Gasteiger partial charge < -0.3 is 10.2 Å². The van der Waals surface area contributed by atoms with Gasteiger partial charge in [0.05, 0.1) is 11.3 Å². The number of alkyl halides is 3. The zero-order chi connectivity index (χ0) is 19.0. The van der Waals surface area contributed by atoms with Crippen LogP contribution in [0.3, 0.4) is 0 Å². The van der Waals surface area contributed by atoms with E-state index in [1.54, 1.807) is 65.6 Å². The van der Waals surface area contributed by atoms with Gasteiger partial charge in [0.2, 0.25) is 0 Å². The minimum Gasteiger partial charge on any atom is -0.361 e. The minimum atomic E-state index is -4.50. The molecule has 0 unspecified atom stereocenters. The normalized spacial score (nSPS) is 16.8. The summed E-state index contributed by atoms with van der Waals surface area (Å²) in [7, 11) is 0. The SMILES string of the molecule is O=C1c2ccccc2N[C@H](c2ccc(-n3cccn3)cc2)N1CC(F)(F)F. The van der Waals surface area contributed by atoms with Gasteiger partial charge in [0.15, 0.2) is 0 Å². The third-order valence-corrected chi connectivity index (χ3v) is 4.35. The molecule has 4 rings (SSSR count). The van der Waals surface area contributed by atoms with Crippen LogP contribution in [0.5, 0.6) is 0 Å². The maximum atomic E-state index is 13.1. The fourth-order valence-corrected chi connectivity index (χ4v) is 3.14. The second-order valence-electron chi connectivity index (χ2n) is 6.18. The number of aromatic nitrogens is 2. The van der Waals surface area contributed by atoms with Crippen LogP contribution < -0.4 is 5.32 Å². The smallest absolute Gasteiger partial charge is 0.361 e. The maximum absolute atomic E-state index is 13.1. The Labute approximate surface area is 153 Å². The average molecular weight is 372 g/mol. The lowest BCUT2D eigenvalue weighted by atomic mass is 10.0. The molecule has 0 aliphatic carbocycles. The lowest BCUT2D eigenvalue weighted by molar-refractivity contribution is -0.144. The van der Waals surface area contributed by atoms with E-state index in [0.29, 0.717) is 11.3 Å². The van der Waals surface area contributed by atoms with Crippen molar-refractivity contribution in [1.29, 1.82) is 0 Å². The molecule has 0 bridgehead atoms. The van der Waals surface area contributed by atoms with Gasteiger partial charge in [-0.15, -0.1) is 0 Å². The molecule has 2 heterocycles. The van der Waals surface area contributed by atoms with E-state index in [1.807, 2.05) is 0 Å². The van der Waals surface area contributed by atoms with Crippen LogP contribution in [0.4, 0.5) is 18.9 Å². The van der Waals surface area contributed by atoms with Crippen molar-refractivity contribution in [3.8, 4) is 5.69 Å². The van der Waals surface area contributed by atoms with Gasteiger partial charge >= 0.3 is 6.18 Å². The molecule has 0 saturated carbocycles. The molecule has 3 aromatic rings. The second-order valence-corrected chi connectivity index (χ2v) is 6.18. The predicted octanol–water partition coefficient (Wildman–Crippen LogP) is 4.00. The summed E-state index contributed by atoms with van der Waals surface area (Å²) in [5.41, 5.74) is 2.07. The van der Waals surface area contributed by atoms with Crippen LogP contribution in [-0.4, -0.2) is 33.3 Å². The first-order chi connectivity index (χ1) is 12.9. The van der Waals surface area contributed by atoms with Crippen LogP contribution in [0.25, 0.3) is 5.69 Å². The van der Waals surface area contributed by atoms with Gasteiger partial charge in [-0.25, -0.2) is 4.68 Å². The molecule has 0 fully saturated rings. The van der Waals surface area contributed by atoms with E-state index in [2.05, 4.69) is 10.4 Å². The van der Waals surface area contributed by atoms with Gasteiger partial charge in [0, 0.05) is 18.1 Å². The monoisotopic (exact) mass is 372 g/mol. The zero-order valence-corrected chi connectivity index (χ0v) is 14.0. The Morgan fingerprint density at radius 1 is 1.04 bits per heavy atom. The Kier molecular flexibility index (Phi) is 4.10. The fourth-order valence-electron chi connectivity index (χ4n) is 3.14. The van der Waals surface area contributed by atoms with Gasteiger partial charge in [-0.05, 0) is 35.9 Å². The number of hydrogen-bond acceptors (Lipinski definition) is 3. The van der Waals surface area contributed by atoms with Crippen molar-refractivity contribution in [2.45, 2.75) is 12.3 Å². The van der Waals surface area contributed by atoms with E-state index in [0.717, 1.165) is 10.6 Å². The predicted molar refractivity (Wildman–Crippen MR) is 93.5 cm³/mol. The molecule has 0 spiro atoms. The number of nitrogens with one attached hydrogen (secondary N) is 1. The molecule has 1 aliphatic rings. The second kappa shape index (κ2) is 6.46. The van der Waals surface area contributed by atoms with E-state index in [9.17, 15) is 18.0 Å². The molecule has 1 N–H and O–H groups in total. The van der Waals surface area contributed by atoms with Crippen LogP contribution in [0, 0.1) is 0 Å². The standard InChI is InChI=1S/C19H15F3N4O/c20-19(21,22)12-25-17(24-16-5-2-1-4-15(16)18(25)27)13-6-8-14(9-7-13)26-11-3-10-23-26/h1-11,17,24H,12H2/t17-/m0/s1. The maximum Gasteiger partial charge on any atom is 0.406 e. The van der Waals surface area contributed by atoms with Gasteiger partial charge in [0.25, 0.3) is 5.91 Å². The first-order valence-electron chi connectivity index (χ1n) is 8.26. The lowest BCUT2D eigenvalue weighted by Gasteiger charge is -2.38. The highest BCUT2D eigenvalue weighted by atomic mass is 19.4. The highest BCUT2D eigenvalue weighted by Crippen LogP contribution is 2.35. The molecule has 2 aromatic carbocycles. The molecule has 1 amide bonds. The summed E-state index contributed by atoms with van der Waals surface area (Å²) in [6.07, 6.45) is -2.02. The van der Waals surface area contributed by atoms with Crippen molar-refractivity contribution in [2.75, 3.05) is 11.9 Å². The molecule has 8 heteroatoms. The largest absolute Gasteiger partial charge is 0.406 e. The number of hydrogen-bond donors (Lipinski definition) is 1. The number of nitrogens with zero attached hydrogens (tertiary/aromatic N) is 3. The highest BCUT2D eigenvalue weighted by molar-refractivity contribution is 6.01. The van der Waals surface area contributed by atoms with Crippen LogP contribution in [0.1, 0.15) is 22.1 Å².